The predicted octanol–water partition coefficient (Wildman–Crippen LogP) is -0.515. The summed E-state index contributed by atoms with van der Waals surface area (Å²) in [5, 5.41) is 42.2. The molecule has 30 heavy (non-hydrogen) atoms. The number of aryl methyl sites for hydroxylation is 1. The molecule has 162 valence electrons. The molecule has 9 heteroatoms. The van der Waals surface area contributed by atoms with Gasteiger partial charge < -0.3 is 41.0 Å². The van der Waals surface area contributed by atoms with E-state index in [-0.39, 0.29) is 5.91 Å². The minimum absolute atomic E-state index is 0.186. The number of carbonyl (C=O) groups excluding carboxylic acids is 1. The van der Waals surface area contributed by atoms with Crippen LogP contribution in [0.1, 0.15) is 15.9 Å². The Morgan fingerprint density at radius 2 is 1.80 bits per heavy atom. The lowest BCUT2D eigenvalue weighted by Crippen LogP contribution is -2.63. The number of aliphatic hydroxyl groups is 4. The first-order valence-electron chi connectivity index (χ1n) is 9.46. The van der Waals surface area contributed by atoms with Crippen LogP contribution in [0.4, 0.5) is 0 Å². The highest BCUT2D eigenvalue weighted by molar-refractivity contribution is 5.95. The van der Waals surface area contributed by atoms with E-state index in [9.17, 15) is 25.2 Å². The lowest BCUT2D eigenvalue weighted by Gasteiger charge is -2.41. The van der Waals surface area contributed by atoms with Crippen molar-refractivity contribution in [2.45, 2.75) is 43.9 Å². The second-order valence-electron chi connectivity index (χ2n) is 7.19. The lowest BCUT2D eigenvalue weighted by molar-refractivity contribution is -0.287. The van der Waals surface area contributed by atoms with Gasteiger partial charge in [-0.15, -0.1) is 0 Å². The van der Waals surface area contributed by atoms with Gasteiger partial charge >= 0.3 is 0 Å². The fraction of sp³-hybridized carbons (Fsp3) is 0.381. The van der Waals surface area contributed by atoms with E-state index in [1.165, 1.54) is 0 Å². The number of hydrogen-bond acceptors (Lipinski definition) is 8. The maximum absolute atomic E-state index is 11.9. The van der Waals surface area contributed by atoms with Crippen molar-refractivity contribution in [2.24, 2.45) is 5.73 Å². The molecule has 7 N–H and O–H groups in total. The summed E-state index contributed by atoms with van der Waals surface area (Å²) in [4.78, 5) is 11.9. The molecular weight excluding hydrogens is 392 g/mol. The average molecular weight is 418 g/mol. The normalized spacial score (nSPS) is 27.4. The summed E-state index contributed by atoms with van der Waals surface area (Å²) in [5.74, 6) is 0.188. The SMILES string of the molecule is CNC(=O)c1cccc(-c2ccc(O[C@H]3O[C@H]([C@@H](N)O)[C@@H](O)[C@H](O)[C@@H]3O)c(C)c2)c1. The molecule has 1 saturated heterocycles. The molecule has 6 atom stereocenters. The molecule has 0 aromatic heterocycles. The van der Waals surface area contributed by atoms with Crippen molar-refractivity contribution in [3.8, 4) is 16.9 Å². The first-order valence-corrected chi connectivity index (χ1v) is 9.46. The van der Waals surface area contributed by atoms with Crippen LogP contribution in [0.2, 0.25) is 0 Å². The van der Waals surface area contributed by atoms with Crippen molar-refractivity contribution in [1.29, 1.82) is 0 Å². The monoisotopic (exact) mass is 418 g/mol. The molecular formula is C21H26N2O7. The van der Waals surface area contributed by atoms with Gasteiger partial charge in [0.05, 0.1) is 0 Å². The van der Waals surface area contributed by atoms with Gasteiger partial charge in [0.2, 0.25) is 6.29 Å². The molecule has 1 aliphatic rings. The number of rotatable bonds is 5. The molecule has 0 radical (unpaired) electrons. The highest BCUT2D eigenvalue weighted by Gasteiger charge is 2.47. The van der Waals surface area contributed by atoms with E-state index >= 15 is 0 Å². The number of ether oxygens (including phenoxy) is 2. The van der Waals surface area contributed by atoms with E-state index in [0.29, 0.717) is 16.9 Å². The fourth-order valence-corrected chi connectivity index (χ4v) is 3.32. The largest absolute Gasteiger partial charge is 0.462 e. The van der Waals surface area contributed by atoms with Crippen LogP contribution in [0.15, 0.2) is 42.5 Å². The Morgan fingerprint density at radius 3 is 2.43 bits per heavy atom. The Labute approximate surface area is 173 Å². The highest BCUT2D eigenvalue weighted by atomic mass is 16.7. The molecule has 0 saturated carbocycles. The summed E-state index contributed by atoms with van der Waals surface area (Å²) in [7, 11) is 1.57. The Kier molecular flexibility index (Phi) is 6.71. The van der Waals surface area contributed by atoms with Crippen molar-refractivity contribution in [3.63, 3.8) is 0 Å². The van der Waals surface area contributed by atoms with E-state index < -0.39 is 36.9 Å². The molecule has 0 spiro atoms. The molecule has 0 aliphatic carbocycles. The van der Waals surface area contributed by atoms with Crippen LogP contribution in [0.25, 0.3) is 11.1 Å². The van der Waals surface area contributed by atoms with Gasteiger partial charge in [-0.2, -0.15) is 0 Å². The average Bonchev–Trinajstić information content (AvgIpc) is 2.74. The summed E-state index contributed by atoms with van der Waals surface area (Å²) < 4.78 is 11.1. The van der Waals surface area contributed by atoms with Gasteiger partial charge in [0.1, 0.15) is 36.4 Å². The van der Waals surface area contributed by atoms with Gasteiger partial charge in [-0.1, -0.05) is 18.2 Å². The van der Waals surface area contributed by atoms with E-state index in [2.05, 4.69) is 5.32 Å². The van der Waals surface area contributed by atoms with Crippen LogP contribution >= 0.6 is 0 Å². The number of benzene rings is 2. The number of amides is 1. The van der Waals surface area contributed by atoms with Gasteiger partial charge in [-0.25, -0.2) is 0 Å². The predicted molar refractivity (Wildman–Crippen MR) is 108 cm³/mol. The Morgan fingerprint density at radius 1 is 1.10 bits per heavy atom. The van der Waals surface area contributed by atoms with E-state index in [1.54, 1.807) is 44.3 Å². The molecule has 0 bridgehead atoms. The maximum atomic E-state index is 11.9. The van der Waals surface area contributed by atoms with Crippen molar-refractivity contribution in [3.05, 3.63) is 53.6 Å². The van der Waals surface area contributed by atoms with Crippen LogP contribution < -0.4 is 15.8 Å². The third kappa shape index (κ3) is 4.46. The Hall–Kier alpha value is -2.53. The molecule has 2 aromatic carbocycles. The third-order valence-corrected chi connectivity index (χ3v) is 5.05. The van der Waals surface area contributed by atoms with E-state index in [4.69, 9.17) is 15.2 Å². The van der Waals surface area contributed by atoms with Crippen LogP contribution in [-0.2, 0) is 4.74 Å². The Bertz CT molecular complexity index is 905. The zero-order valence-electron chi connectivity index (χ0n) is 16.6. The molecule has 1 amide bonds. The second kappa shape index (κ2) is 9.09. The van der Waals surface area contributed by atoms with Gasteiger partial charge in [0, 0.05) is 12.6 Å². The molecule has 0 unspecified atom stereocenters. The Balaban J connectivity index is 1.81. The van der Waals surface area contributed by atoms with Crippen LogP contribution in [-0.4, -0.2) is 70.3 Å². The first-order chi connectivity index (χ1) is 14.2. The number of nitrogens with one attached hydrogen (secondary N) is 1. The zero-order valence-corrected chi connectivity index (χ0v) is 16.6. The minimum Gasteiger partial charge on any atom is -0.462 e. The van der Waals surface area contributed by atoms with Crippen LogP contribution in [0, 0.1) is 6.92 Å². The summed E-state index contributed by atoms with van der Waals surface area (Å²) in [6.07, 6.45) is -8.93. The number of nitrogens with two attached hydrogens (primary N) is 1. The minimum atomic E-state index is -1.60. The molecule has 1 heterocycles. The third-order valence-electron chi connectivity index (χ3n) is 5.05. The van der Waals surface area contributed by atoms with Gasteiger partial charge in [-0.3, -0.25) is 4.79 Å². The van der Waals surface area contributed by atoms with Crippen LogP contribution in [0.3, 0.4) is 0 Å². The molecule has 2 aromatic rings. The summed E-state index contributed by atoms with van der Waals surface area (Å²) in [6.45, 7) is 1.79. The second-order valence-corrected chi connectivity index (χ2v) is 7.19. The summed E-state index contributed by atoms with van der Waals surface area (Å²) in [5.41, 5.74) is 8.30. The van der Waals surface area contributed by atoms with Gasteiger partial charge in [0.25, 0.3) is 5.91 Å². The first kappa shape index (κ1) is 22.2. The topological polar surface area (TPSA) is 154 Å². The van der Waals surface area contributed by atoms with Gasteiger partial charge in [0.15, 0.2) is 0 Å². The standard InChI is InChI=1S/C21H26N2O7/c1-10-8-12(11-4-3-5-13(9-11)20(28)23-2)6-7-14(10)29-21-17(26)15(24)16(25)18(30-21)19(22)27/h3-9,15-19,21,24-27H,22H2,1-2H3,(H,23,28)/t15-,16-,17-,18-,19-,21-/m0/s1. The van der Waals surface area contributed by atoms with Crippen molar-refractivity contribution >= 4 is 5.91 Å². The molecule has 1 fully saturated rings. The smallest absolute Gasteiger partial charge is 0.251 e. The lowest BCUT2D eigenvalue weighted by atomic mass is 9.98. The number of aliphatic hydroxyl groups excluding tert-OH is 4. The highest BCUT2D eigenvalue weighted by Crippen LogP contribution is 2.30. The quantitative estimate of drug-likeness (QED) is 0.355. The molecule has 3 rings (SSSR count). The van der Waals surface area contributed by atoms with Gasteiger partial charge in [-0.05, 0) is 47.9 Å². The molecule has 1 aliphatic heterocycles. The molecule has 9 nitrogen and oxygen atoms in total. The number of hydrogen-bond donors (Lipinski definition) is 6. The number of carbonyl (C=O) groups is 1. The van der Waals surface area contributed by atoms with E-state index in [1.807, 2.05) is 12.1 Å². The maximum Gasteiger partial charge on any atom is 0.251 e. The van der Waals surface area contributed by atoms with Crippen molar-refractivity contribution < 1.29 is 34.7 Å². The fourth-order valence-electron chi connectivity index (χ4n) is 3.32. The summed E-state index contributed by atoms with van der Waals surface area (Å²) in [6, 6.07) is 12.4. The van der Waals surface area contributed by atoms with Crippen LogP contribution in [0.5, 0.6) is 5.75 Å². The zero-order chi connectivity index (χ0) is 22.0. The van der Waals surface area contributed by atoms with Crippen molar-refractivity contribution in [2.75, 3.05) is 7.05 Å². The van der Waals surface area contributed by atoms with E-state index in [0.717, 1.165) is 11.1 Å². The summed E-state index contributed by atoms with van der Waals surface area (Å²) >= 11 is 0. The van der Waals surface area contributed by atoms with Crippen molar-refractivity contribution in [1.82, 2.24) is 5.32 Å².